The minimum Gasteiger partial charge on any atom is -0.483 e. The molecule has 0 saturated carbocycles. The number of nitrogens with one attached hydrogen (secondary N) is 2. The molecule has 0 aliphatic carbocycles. The van der Waals surface area contributed by atoms with Gasteiger partial charge in [0.05, 0.1) is 17.5 Å². The zero-order chi connectivity index (χ0) is 21.8. The molecule has 7 nitrogen and oxygen atoms in total. The summed E-state index contributed by atoms with van der Waals surface area (Å²) in [6, 6.07) is 15.3. The minimum atomic E-state index is -0.514. The lowest BCUT2D eigenvalue weighted by atomic mass is 10.2. The van der Waals surface area contributed by atoms with E-state index in [2.05, 4.69) is 26.8 Å². The van der Waals surface area contributed by atoms with E-state index >= 15 is 0 Å². The van der Waals surface area contributed by atoms with Gasteiger partial charge in [-0.1, -0.05) is 43.3 Å². The maximum absolute atomic E-state index is 11.8. The molecule has 0 saturated heterocycles. The van der Waals surface area contributed by atoms with Crippen molar-refractivity contribution in [3.63, 3.8) is 0 Å². The van der Waals surface area contributed by atoms with Gasteiger partial charge in [0.1, 0.15) is 5.75 Å². The van der Waals surface area contributed by atoms with Gasteiger partial charge in [0, 0.05) is 12.8 Å². The van der Waals surface area contributed by atoms with E-state index in [1.807, 2.05) is 49.4 Å². The number of benzene rings is 2. The quantitative estimate of drug-likeness (QED) is 0.405. The van der Waals surface area contributed by atoms with Crippen LogP contribution in [0.5, 0.6) is 5.75 Å². The summed E-state index contributed by atoms with van der Waals surface area (Å²) in [4.78, 5) is 35.3. The third kappa shape index (κ3) is 8.65. The Bertz CT molecular complexity index is 858. The monoisotopic (exact) mass is 476 g/mol. The van der Waals surface area contributed by atoms with Crippen molar-refractivity contribution >= 4 is 33.7 Å². The Morgan fingerprint density at radius 2 is 1.67 bits per heavy atom. The average molecular weight is 477 g/mol. The van der Waals surface area contributed by atoms with Crippen LogP contribution in [0.4, 0.5) is 0 Å². The van der Waals surface area contributed by atoms with Gasteiger partial charge >= 0.3 is 5.97 Å². The standard InChI is InChI=1S/C22H25BrN2O5/c1-2-16-8-9-19(18(23)14-16)30-15-21(27)25-24-20(26)10-11-22(28)29-13-12-17-6-4-3-5-7-17/h3-9,14H,2,10-13,15H2,1H3,(H,24,26)(H,25,27). The van der Waals surface area contributed by atoms with Crippen LogP contribution in [-0.4, -0.2) is 31.0 Å². The van der Waals surface area contributed by atoms with E-state index in [4.69, 9.17) is 9.47 Å². The smallest absolute Gasteiger partial charge is 0.306 e. The number of esters is 1. The lowest BCUT2D eigenvalue weighted by molar-refractivity contribution is -0.145. The fraction of sp³-hybridized carbons (Fsp3) is 0.318. The molecule has 2 amide bonds. The van der Waals surface area contributed by atoms with Crippen LogP contribution in [0.1, 0.15) is 30.9 Å². The molecule has 0 aliphatic heterocycles. The van der Waals surface area contributed by atoms with Gasteiger partial charge in [0.2, 0.25) is 5.91 Å². The summed E-state index contributed by atoms with van der Waals surface area (Å²) in [6.45, 7) is 2.04. The molecule has 0 spiro atoms. The normalized spacial score (nSPS) is 10.2. The first kappa shape index (κ1) is 23.4. The molecule has 0 fully saturated rings. The van der Waals surface area contributed by atoms with Gasteiger partial charge in [0.25, 0.3) is 5.91 Å². The number of ether oxygens (including phenoxy) is 2. The zero-order valence-electron chi connectivity index (χ0n) is 16.8. The highest BCUT2D eigenvalue weighted by Gasteiger charge is 2.10. The molecule has 0 atom stereocenters. The average Bonchev–Trinajstić information content (AvgIpc) is 2.76. The highest BCUT2D eigenvalue weighted by atomic mass is 79.9. The van der Waals surface area contributed by atoms with Crippen molar-refractivity contribution in [2.24, 2.45) is 0 Å². The summed E-state index contributed by atoms with van der Waals surface area (Å²) in [5.74, 6) is -0.930. The van der Waals surface area contributed by atoms with Gasteiger partial charge in [-0.15, -0.1) is 0 Å². The first-order valence-corrected chi connectivity index (χ1v) is 10.5. The third-order valence-corrected chi connectivity index (χ3v) is 4.78. The number of hydrogen-bond acceptors (Lipinski definition) is 5. The number of amides is 2. The van der Waals surface area contributed by atoms with E-state index in [9.17, 15) is 14.4 Å². The Morgan fingerprint density at radius 3 is 2.37 bits per heavy atom. The second kappa shape index (κ2) is 12.6. The molecule has 0 aliphatic rings. The third-order valence-electron chi connectivity index (χ3n) is 4.16. The second-order valence-electron chi connectivity index (χ2n) is 6.46. The van der Waals surface area contributed by atoms with Crippen LogP contribution in [0.25, 0.3) is 0 Å². The fourth-order valence-electron chi connectivity index (χ4n) is 2.48. The van der Waals surface area contributed by atoms with Gasteiger partial charge in [-0.25, -0.2) is 0 Å². The molecule has 0 heterocycles. The molecule has 0 aromatic heterocycles. The molecule has 2 aromatic carbocycles. The molecular formula is C22H25BrN2O5. The van der Waals surface area contributed by atoms with Gasteiger partial charge < -0.3 is 9.47 Å². The van der Waals surface area contributed by atoms with E-state index in [0.29, 0.717) is 12.2 Å². The zero-order valence-corrected chi connectivity index (χ0v) is 18.4. The van der Waals surface area contributed by atoms with Gasteiger partial charge in [0.15, 0.2) is 6.61 Å². The SMILES string of the molecule is CCc1ccc(OCC(=O)NNC(=O)CCC(=O)OCCc2ccccc2)c(Br)c1. The summed E-state index contributed by atoms with van der Waals surface area (Å²) in [6.07, 6.45) is 1.36. The summed E-state index contributed by atoms with van der Waals surface area (Å²) < 4.78 is 11.3. The lowest BCUT2D eigenvalue weighted by Crippen LogP contribution is -2.43. The number of rotatable bonds is 10. The Morgan fingerprint density at radius 1 is 0.933 bits per heavy atom. The Labute approximate surface area is 184 Å². The predicted octanol–water partition coefficient (Wildman–Crippen LogP) is 3.10. The van der Waals surface area contributed by atoms with Crippen molar-refractivity contribution in [2.45, 2.75) is 32.6 Å². The Hall–Kier alpha value is -2.87. The van der Waals surface area contributed by atoms with Crippen molar-refractivity contribution in [2.75, 3.05) is 13.2 Å². The molecule has 2 aromatic rings. The molecule has 2 N–H and O–H groups in total. The van der Waals surface area contributed by atoms with E-state index in [0.717, 1.165) is 22.0 Å². The Kier molecular flexibility index (Phi) is 9.86. The number of halogens is 1. The summed E-state index contributed by atoms with van der Waals surface area (Å²) in [7, 11) is 0. The van der Waals surface area contributed by atoms with Crippen molar-refractivity contribution in [1.82, 2.24) is 10.9 Å². The van der Waals surface area contributed by atoms with E-state index in [1.165, 1.54) is 0 Å². The Balaban J connectivity index is 1.58. The fourth-order valence-corrected chi connectivity index (χ4v) is 3.02. The van der Waals surface area contributed by atoms with Crippen LogP contribution in [0, 0.1) is 0 Å². The van der Waals surface area contributed by atoms with Crippen molar-refractivity contribution in [3.05, 3.63) is 64.1 Å². The largest absolute Gasteiger partial charge is 0.483 e. The molecular weight excluding hydrogens is 452 g/mol. The molecule has 0 radical (unpaired) electrons. The molecule has 0 bridgehead atoms. The first-order chi connectivity index (χ1) is 14.5. The summed E-state index contributed by atoms with van der Waals surface area (Å²) in [5, 5.41) is 0. The minimum absolute atomic E-state index is 0.0658. The van der Waals surface area contributed by atoms with Gasteiger partial charge in [-0.3, -0.25) is 25.2 Å². The maximum atomic E-state index is 11.8. The van der Waals surface area contributed by atoms with Gasteiger partial charge in [-0.05, 0) is 45.6 Å². The van der Waals surface area contributed by atoms with Crippen LogP contribution < -0.4 is 15.6 Å². The molecule has 160 valence electrons. The molecule has 2 rings (SSSR count). The van der Waals surface area contributed by atoms with Gasteiger partial charge in [-0.2, -0.15) is 0 Å². The van der Waals surface area contributed by atoms with E-state index in [1.54, 1.807) is 6.07 Å². The number of hydrazine groups is 1. The van der Waals surface area contributed by atoms with Crippen LogP contribution in [-0.2, 0) is 32.0 Å². The summed E-state index contributed by atoms with van der Waals surface area (Å²) in [5.41, 5.74) is 6.72. The lowest BCUT2D eigenvalue weighted by Gasteiger charge is -2.10. The van der Waals surface area contributed by atoms with Crippen LogP contribution >= 0.6 is 15.9 Å². The molecule has 30 heavy (non-hydrogen) atoms. The van der Waals surface area contributed by atoms with E-state index in [-0.39, 0.29) is 26.1 Å². The van der Waals surface area contributed by atoms with Crippen LogP contribution in [0.3, 0.4) is 0 Å². The molecule has 8 heteroatoms. The molecule has 0 unspecified atom stereocenters. The van der Waals surface area contributed by atoms with Crippen molar-refractivity contribution < 1.29 is 23.9 Å². The van der Waals surface area contributed by atoms with Crippen molar-refractivity contribution in [3.8, 4) is 5.75 Å². The topological polar surface area (TPSA) is 93.7 Å². The highest BCUT2D eigenvalue weighted by molar-refractivity contribution is 9.10. The summed E-state index contributed by atoms with van der Waals surface area (Å²) >= 11 is 3.40. The second-order valence-corrected chi connectivity index (χ2v) is 7.31. The first-order valence-electron chi connectivity index (χ1n) is 9.66. The van der Waals surface area contributed by atoms with Crippen LogP contribution in [0.15, 0.2) is 53.0 Å². The highest BCUT2D eigenvalue weighted by Crippen LogP contribution is 2.26. The van der Waals surface area contributed by atoms with Crippen molar-refractivity contribution in [1.29, 1.82) is 0 Å². The number of carbonyl (C=O) groups is 3. The number of hydrogen-bond donors (Lipinski definition) is 2. The number of aryl methyl sites for hydroxylation is 1. The van der Waals surface area contributed by atoms with E-state index < -0.39 is 17.8 Å². The number of carbonyl (C=O) groups excluding carboxylic acids is 3. The predicted molar refractivity (Wildman–Crippen MR) is 116 cm³/mol. The van der Waals surface area contributed by atoms with Crippen LogP contribution in [0.2, 0.25) is 0 Å². The maximum Gasteiger partial charge on any atom is 0.306 e.